The highest BCUT2D eigenvalue weighted by atomic mass is 79.9. The Morgan fingerprint density at radius 3 is 2.66 bits per heavy atom. The van der Waals surface area contributed by atoms with Gasteiger partial charge < -0.3 is 5.11 Å². The van der Waals surface area contributed by atoms with E-state index in [1.165, 1.54) is 31.5 Å². The Morgan fingerprint density at radius 1 is 1.16 bits per heavy atom. The third-order valence-electron chi connectivity index (χ3n) is 5.47. The van der Waals surface area contributed by atoms with Crippen LogP contribution in [0.25, 0.3) is 11.3 Å². The lowest BCUT2D eigenvalue weighted by molar-refractivity contribution is -0.764. The summed E-state index contributed by atoms with van der Waals surface area (Å²) in [6.45, 7) is 3.72. The number of hydrogen-bond donors (Lipinski definition) is 0. The maximum absolute atomic E-state index is 13.2. The molecule has 0 saturated carbocycles. The summed E-state index contributed by atoms with van der Waals surface area (Å²) < 4.78 is 2.52. The van der Waals surface area contributed by atoms with Crippen LogP contribution in [0.1, 0.15) is 51.3 Å². The molecule has 1 aromatic heterocycles. The van der Waals surface area contributed by atoms with Gasteiger partial charge in [-0.25, -0.2) is 9.88 Å². The molecule has 0 saturated heterocycles. The first-order valence-corrected chi connectivity index (χ1v) is 12.6. The lowest BCUT2D eigenvalue weighted by atomic mass is 10.0. The number of amides is 1. The van der Waals surface area contributed by atoms with Gasteiger partial charge in [0.05, 0.1) is 22.7 Å². The first-order chi connectivity index (χ1) is 15.5. The van der Waals surface area contributed by atoms with Gasteiger partial charge in [0, 0.05) is 22.2 Å². The number of carbonyl (C=O) groups is 1. The fourth-order valence-electron chi connectivity index (χ4n) is 3.99. The van der Waals surface area contributed by atoms with Crippen LogP contribution in [0.4, 0.5) is 5.69 Å². The first kappa shape index (κ1) is 22.7. The van der Waals surface area contributed by atoms with Crippen LogP contribution in [0.3, 0.4) is 0 Å². The van der Waals surface area contributed by atoms with Crippen molar-refractivity contribution in [2.75, 3.05) is 10.7 Å². The number of nitrogens with zero attached hydrogens (tertiary/aromatic N) is 4. The van der Waals surface area contributed by atoms with Gasteiger partial charge in [-0.1, -0.05) is 82.8 Å². The van der Waals surface area contributed by atoms with E-state index in [0.717, 1.165) is 28.6 Å². The lowest BCUT2D eigenvalue weighted by Crippen LogP contribution is -2.58. The van der Waals surface area contributed by atoms with Crippen molar-refractivity contribution in [1.82, 2.24) is 10.1 Å². The number of fused-ring (bicyclic) bond motifs is 3. The fourth-order valence-corrected chi connectivity index (χ4v) is 5.31. The van der Waals surface area contributed by atoms with Crippen LogP contribution >= 0.6 is 27.7 Å². The average molecular weight is 513 g/mol. The molecule has 6 nitrogen and oxygen atoms in total. The Hall–Kier alpha value is -2.45. The molecule has 0 bridgehead atoms. The normalized spacial score (nSPS) is 14.7. The van der Waals surface area contributed by atoms with Crippen molar-refractivity contribution in [3.05, 3.63) is 58.6 Å². The van der Waals surface area contributed by atoms with Crippen LogP contribution in [-0.4, -0.2) is 21.7 Å². The highest BCUT2D eigenvalue weighted by Crippen LogP contribution is 2.42. The number of halogens is 1. The summed E-state index contributed by atoms with van der Waals surface area (Å²) in [5.74, 6) is 0.394. The molecule has 1 atom stereocenters. The van der Waals surface area contributed by atoms with Crippen molar-refractivity contribution in [3.63, 3.8) is 0 Å². The average Bonchev–Trinajstić information content (AvgIpc) is 2.78. The number of aromatic nitrogens is 3. The Bertz CT molecular complexity index is 1140. The second-order valence-corrected chi connectivity index (χ2v) is 9.62. The summed E-state index contributed by atoms with van der Waals surface area (Å²) in [5.41, 5.74) is 2.59. The van der Waals surface area contributed by atoms with E-state index in [1.54, 1.807) is 9.58 Å². The Morgan fingerprint density at radius 2 is 1.91 bits per heavy atom. The van der Waals surface area contributed by atoms with Crippen LogP contribution in [0.15, 0.2) is 58.2 Å². The molecule has 0 aliphatic carbocycles. The molecule has 4 rings (SSSR count). The molecule has 3 aromatic rings. The molecule has 8 heteroatoms. The molecule has 0 spiro atoms. The van der Waals surface area contributed by atoms with Crippen LogP contribution in [-0.2, 0) is 4.79 Å². The molecule has 2 heterocycles. The van der Waals surface area contributed by atoms with Gasteiger partial charge in [-0.2, -0.15) is 0 Å². The van der Waals surface area contributed by atoms with Gasteiger partial charge in [-0.15, -0.1) is 0 Å². The van der Waals surface area contributed by atoms with E-state index >= 15 is 0 Å². The minimum atomic E-state index is -0.594. The second-order valence-electron chi connectivity index (χ2n) is 7.70. The fraction of sp³-hybridized carbons (Fsp3) is 0.333. The van der Waals surface area contributed by atoms with E-state index in [-0.39, 0.29) is 11.8 Å². The lowest BCUT2D eigenvalue weighted by Gasteiger charge is -2.33. The third kappa shape index (κ3) is 4.38. The predicted molar refractivity (Wildman–Crippen MR) is 127 cm³/mol. The van der Waals surface area contributed by atoms with Crippen LogP contribution in [0.2, 0.25) is 0 Å². The molecule has 1 amide bonds. The maximum atomic E-state index is 13.2. The molecule has 32 heavy (non-hydrogen) atoms. The largest absolute Gasteiger partial charge is 0.854 e. The highest BCUT2D eigenvalue weighted by Gasteiger charge is 2.44. The number of unbranched alkanes of at least 4 members (excludes halogenated alkanes) is 3. The molecule has 0 N–H and O–H groups in total. The second kappa shape index (κ2) is 10.0. The minimum absolute atomic E-state index is 0.129. The maximum Gasteiger partial charge on any atom is 0.294 e. The number of anilines is 1. The summed E-state index contributed by atoms with van der Waals surface area (Å²) in [6, 6.07) is 15.1. The monoisotopic (exact) mass is 512 g/mol. The number of hydrogen-bond acceptors (Lipinski definition) is 5. The molecule has 0 fully saturated rings. The summed E-state index contributed by atoms with van der Waals surface area (Å²) >= 11 is 5.12. The molecule has 0 radical (unpaired) electrons. The smallest absolute Gasteiger partial charge is 0.294 e. The van der Waals surface area contributed by atoms with E-state index in [2.05, 4.69) is 27.8 Å². The van der Waals surface area contributed by atoms with Crippen molar-refractivity contribution >= 4 is 39.3 Å². The minimum Gasteiger partial charge on any atom is -0.854 e. The molecule has 1 unspecified atom stereocenters. The number of thioether (sulfide) groups is 1. The summed E-state index contributed by atoms with van der Waals surface area (Å²) in [6.07, 6.45) is 3.98. The molecule has 1 aliphatic rings. The van der Waals surface area contributed by atoms with Crippen molar-refractivity contribution in [3.8, 4) is 17.1 Å². The van der Waals surface area contributed by atoms with Gasteiger partial charge in [0.1, 0.15) is 0 Å². The van der Waals surface area contributed by atoms with Gasteiger partial charge in [0.2, 0.25) is 5.91 Å². The third-order valence-corrected chi connectivity index (χ3v) is 7.11. The van der Waals surface area contributed by atoms with E-state index in [4.69, 9.17) is 5.10 Å². The summed E-state index contributed by atoms with van der Waals surface area (Å²) in [7, 11) is 0. The summed E-state index contributed by atoms with van der Waals surface area (Å²) in [4.78, 5) is 18.9. The van der Waals surface area contributed by atoms with Gasteiger partial charge in [-0.05, 0) is 30.7 Å². The number of carbonyl (C=O) groups excluding carboxylic acids is 1. The summed E-state index contributed by atoms with van der Waals surface area (Å²) in [5, 5.41) is 18.4. The van der Waals surface area contributed by atoms with Gasteiger partial charge in [0.15, 0.2) is 0 Å². The molecule has 166 valence electrons. The quantitative estimate of drug-likeness (QED) is 0.257. The van der Waals surface area contributed by atoms with Crippen molar-refractivity contribution in [2.45, 2.75) is 50.9 Å². The van der Waals surface area contributed by atoms with E-state index in [9.17, 15) is 9.90 Å². The topological polar surface area (TPSA) is 73.0 Å². The molecular weight excluding hydrogens is 488 g/mol. The molecular formula is C24H25BrN4O2S. The van der Waals surface area contributed by atoms with E-state index in [0.29, 0.717) is 22.1 Å². The van der Waals surface area contributed by atoms with Gasteiger partial charge in [0.25, 0.3) is 17.0 Å². The standard InChI is InChI=1S/C24H25BrN4O2S/c1-3-4-5-10-15-32-24-26-22(31)21-18-12-7-9-14-20(18)28(16(2)30)23(29(21)27-24)17-11-6-8-13-19(17)25/h6-9,11-14,23H,3-5,10,15H2,1-2H3. The van der Waals surface area contributed by atoms with Gasteiger partial charge in [-0.3, -0.25) is 4.79 Å². The molecule has 2 aromatic carbocycles. The zero-order valence-corrected chi connectivity index (χ0v) is 20.5. The van der Waals surface area contributed by atoms with Crippen molar-refractivity contribution < 1.29 is 14.6 Å². The van der Waals surface area contributed by atoms with Crippen LogP contribution < -0.4 is 14.7 Å². The first-order valence-electron chi connectivity index (χ1n) is 10.8. The van der Waals surface area contributed by atoms with E-state index < -0.39 is 6.17 Å². The Labute approximate surface area is 200 Å². The Kier molecular flexibility index (Phi) is 7.10. The predicted octanol–water partition coefficient (Wildman–Crippen LogP) is 4.85. The van der Waals surface area contributed by atoms with Crippen molar-refractivity contribution in [2.24, 2.45) is 0 Å². The number of rotatable bonds is 7. The Balaban J connectivity index is 1.86. The van der Waals surface area contributed by atoms with Crippen LogP contribution in [0, 0.1) is 0 Å². The highest BCUT2D eigenvalue weighted by molar-refractivity contribution is 9.10. The zero-order chi connectivity index (χ0) is 22.7. The molecule has 1 aliphatic heterocycles. The zero-order valence-electron chi connectivity index (χ0n) is 18.1. The van der Waals surface area contributed by atoms with Gasteiger partial charge >= 0.3 is 0 Å². The number of para-hydroxylation sites is 1. The number of benzene rings is 2. The van der Waals surface area contributed by atoms with Crippen LogP contribution in [0.5, 0.6) is 5.88 Å². The SMILES string of the molecule is CCCCCCSc1nc([O-])c2[n+](n1)C(c1ccccc1Br)N(C(C)=O)c1ccccc1-2. The van der Waals surface area contributed by atoms with Crippen molar-refractivity contribution in [1.29, 1.82) is 0 Å². The van der Waals surface area contributed by atoms with E-state index in [1.807, 2.05) is 48.5 Å².